The van der Waals surface area contributed by atoms with Gasteiger partial charge in [-0.2, -0.15) is 0 Å². The van der Waals surface area contributed by atoms with Gasteiger partial charge in [0.2, 0.25) is 0 Å². The SMILES string of the molecule is COc1cccc(OCCCc2ccc(C(=O)N(C)C)cc2)c1. The highest BCUT2D eigenvalue weighted by Gasteiger charge is 2.07. The van der Waals surface area contributed by atoms with Crippen LogP contribution in [-0.4, -0.2) is 38.6 Å². The van der Waals surface area contributed by atoms with E-state index in [0.717, 1.165) is 24.3 Å². The van der Waals surface area contributed by atoms with Gasteiger partial charge < -0.3 is 14.4 Å². The number of hydrogen-bond donors (Lipinski definition) is 0. The molecule has 0 aromatic heterocycles. The van der Waals surface area contributed by atoms with Gasteiger partial charge in [-0.05, 0) is 42.7 Å². The smallest absolute Gasteiger partial charge is 0.253 e. The molecule has 0 aliphatic heterocycles. The molecule has 4 nitrogen and oxygen atoms in total. The van der Waals surface area contributed by atoms with Crippen molar-refractivity contribution in [1.29, 1.82) is 0 Å². The lowest BCUT2D eigenvalue weighted by molar-refractivity contribution is 0.0827. The Morgan fingerprint density at radius 2 is 1.74 bits per heavy atom. The molecule has 0 atom stereocenters. The maximum atomic E-state index is 11.8. The van der Waals surface area contributed by atoms with Crippen molar-refractivity contribution in [2.75, 3.05) is 27.8 Å². The highest BCUT2D eigenvalue weighted by atomic mass is 16.5. The summed E-state index contributed by atoms with van der Waals surface area (Å²) >= 11 is 0. The van der Waals surface area contributed by atoms with Gasteiger partial charge in [-0.25, -0.2) is 0 Å². The van der Waals surface area contributed by atoms with Crippen molar-refractivity contribution in [1.82, 2.24) is 4.90 Å². The Balaban J connectivity index is 1.79. The molecule has 0 saturated carbocycles. The number of carbonyl (C=O) groups is 1. The van der Waals surface area contributed by atoms with Crippen LogP contribution in [-0.2, 0) is 6.42 Å². The van der Waals surface area contributed by atoms with Gasteiger partial charge in [0.15, 0.2) is 0 Å². The van der Waals surface area contributed by atoms with E-state index < -0.39 is 0 Å². The number of amides is 1. The topological polar surface area (TPSA) is 38.8 Å². The van der Waals surface area contributed by atoms with Crippen molar-refractivity contribution < 1.29 is 14.3 Å². The molecule has 0 spiro atoms. The summed E-state index contributed by atoms with van der Waals surface area (Å²) in [4.78, 5) is 13.4. The van der Waals surface area contributed by atoms with E-state index in [-0.39, 0.29) is 5.91 Å². The maximum absolute atomic E-state index is 11.8. The van der Waals surface area contributed by atoms with E-state index in [0.29, 0.717) is 12.2 Å². The summed E-state index contributed by atoms with van der Waals surface area (Å²) in [5.41, 5.74) is 1.92. The maximum Gasteiger partial charge on any atom is 0.253 e. The minimum atomic E-state index is 0.0258. The van der Waals surface area contributed by atoms with Crippen LogP contribution in [0.1, 0.15) is 22.3 Å². The van der Waals surface area contributed by atoms with Crippen molar-refractivity contribution >= 4 is 5.91 Å². The number of carbonyl (C=O) groups excluding carboxylic acids is 1. The Morgan fingerprint density at radius 3 is 2.39 bits per heavy atom. The Hall–Kier alpha value is -2.49. The van der Waals surface area contributed by atoms with E-state index in [1.807, 2.05) is 48.5 Å². The van der Waals surface area contributed by atoms with Crippen LogP contribution < -0.4 is 9.47 Å². The number of ether oxygens (including phenoxy) is 2. The van der Waals surface area contributed by atoms with Crippen LogP contribution in [0.5, 0.6) is 11.5 Å². The van der Waals surface area contributed by atoms with Crippen LogP contribution in [0.2, 0.25) is 0 Å². The Bertz CT molecular complexity index is 635. The molecule has 0 radical (unpaired) electrons. The molecule has 122 valence electrons. The van der Waals surface area contributed by atoms with Crippen molar-refractivity contribution in [2.24, 2.45) is 0 Å². The first-order valence-electron chi connectivity index (χ1n) is 7.67. The summed E-state index contributed by atoms with van der Waals surface area (Å²) in [5.74, 6) is 1.64. The van der Waals surface area contributed by atoms with E-state index in [2.05, 4.69) is 0 Å². The first-order chi connectivity index (χ1) is 11.1. The Morgan fingerprint density at radius 1 is 1.04 bits per heavy atom. The minimum Gasteiger partial charge on any atom is -0.497 e. The molecule has 2 aromatic carbocycles. The van der Waals surface area contributed by atoms with Crippen molar-refractivity contribution in [3.8, 4) is 11.5 Å². The van der Waals surface area contributed by atoms with Crippen LogP contribution in [0.3, 0.4) is 0 Å². The fourth-order valence-electron chi connectivity index (χ4n) is 2.23. The van der Waals surface area contributed by atoms with Crippen molar-refractivity contribution in [2.45, 2.75) is 12.8 Å². The fraction of sp³-hybridized carbons (Fsp3) is 0.316. The Kier molecular flexibility index (Phi) is 6.03. The van der Waals surface area contributed by atoms with Gasteiger partial charge in [0.05, 0.1) is 13.7 Å². The normalized spacial score (nSPS) is 10.2. The second-order valence-corrected chi connectivity index (χ2v) is 5.53. The zero-order chi connectivity index (χ0) is 16.7. The zero-order valence-electron chi connectivity index (χ0n) is 13.9. The Labute approximate surface area is 137 Å². The van der Waals surface area contributed by atoms with Crippen LogP contribution in [0.25, 0.3) is 0 Å². The average Bonchev–Trinajstić information content (AvgIpc) is 2.58. The molecule has 0 fully saturated rings. The quantitative estimate of drug-likeness (QED) is 0.735. The molecule has 4 heteroatoms. The summed E-state index contributed by atoms with van der Waals surface area (Å²) in [6.45, 7) is 0.644. The number of nitrogens with zero attached hydrogens (tertiary/aromatic N) is 1. The lowest BCUT2D eigenvalue weighted by atomic mass is 10.1. The highest BCUT2D eigenvalue weighted by molar-refractivity contribution is 5.93. The summed E-state index contributed by atoms with van der Waals surface area (Å²) in [5, 5.41) is 0. The van der Waals surface area contributed by atoms with Crippen LogP contribution in [0.4, 0.5) is 0 Å². The number of aryl methyl sites for hydroxylation is 1. The van der Waals surface area contributed by atoms with Crippen molar-refractivity contribution in [3.05, 3.63) is 59.7 Å². The molecule has 0 heterocycles. The standard InChI is InChI=1S/C19H23NO3/c1-20(2)19(21)16-11-9-15(10-12-16)6-5-13-23-18-8-4-7-17(14-18)22-3/h4,7-12,14H,5-6,13H2,1-3H3. The van der Waals surface area contributed by atoms with E-state index in [1.165, 1.54) is 5.56 Å². The van der Waals surface area contributed by atoms with Gasteiger partial charge >= 0.3 is 0 Å². The predicted octanol–water partition coefficient (Wildman–Crippen LogP) is 3.41. The summed E-state index contributed by atoms with van der Waals surface area (Å²) in [6.07, 6.45) is 1.83. The molecule has 1 amide bonds. The molecule has 0 aliphatic carbocycles. The van der Waals surface area contributed by atoms with E-state index >= 15 is 0 Å². The molecule has 2 aromatic rings. The molecule has 23 heavy (non-hydrogen) atoms. The number of methoxy groups -OCH3 is 1. The van der Waals surface area contributed by atoms with E-state index in [4.69, 9.17) is 9.47 Å². The van der Waals surface area contributed by atoms with Gasteiger partial charge in [0.1, 0.15) is 11.5 Å². The second kappa shape index (κ2) is 8.22. The summed E-state index contributed by atoms with van der Waals surface area (Å²) < 4.78 is 10.9. The zero-order valence-corrected chi connectivity index (χ0v) is 13.9. The first-order valence-corrected chi connectivity index (χ1v) is 7.67. The molecular weight excluding hydrogens is 290 g/mol. The third-order valence-corrected chi connectivity index (χ3v) is 3.53. The molecule has 0 aliphatic rings. The van der Waals surface area contributed by atoms with E-state index in [9.17, 15) is 4.79 Å². The molecule has 0 unspecified atom stereocenters. The molecular formula is C19H23NO3. The molecule has 0 saturated heterocycles. The number of rotatable bonds is 7. The van der Waals surface area contributed by atoms with Crippen LogP contribution >= 0.6 is 0 Å². The van der Waals surface area contributed by atoms with Crippen LogP contribution in [0.15, 0.2) is 48.5 Å². The number of hydrogen-bond acceptors (Lipinski definition) is 3. The molecule has 2 rings (SSSR count). The third-order valence-electron chi connectivity index (χ3n) is 3.53. The predicted molar refractivity (Wildman–Crippen MR) is 91.3 cm³/mol. The van der Waals surface area contributed by atoms with Crippen LogP contribution in [0, 0.1) is 0 Å². The van der Waals surface area contributed by atoms with E-state index in [1.54, 1.807) is 26.1 Å². The van der Waals surface area contributed by atoms with Crippen molar-refractivity contribution in [3.63, 3.8) is 0 Å². The van der Waals surface area contributed by atoms with Gasteiger partial charge in [0, 0.05) is 25.7 Å². The minimum absolute atomic E-state index is 0.0258. The first kappa shape index (κ1) is 16.9. The fourth-order valence-corrected chi connectivity index (χ4v) is 2.23. The lowest BCUT2D eigenvalue weighted by Crippen LogP contribution is -2.21. The highest BCUT2D eigenvalue weighted by Crippen LogP contribution is 2.19. The van der Waals surface area contributed by atoms with Gasteiger partial charge in [-0.3, -0.25) is 4.79 Å². The largest absolute Gasteiger partial charge is 0.497 e. The average molecular weight is 313 g/mol. The molecule has 0 N–H and O–H groups in total. The lowest BCUT2D eigenvalue weighted by Gasteiger charge is -2.11. The summed E-state index contributed by atoms with van der Waals surface area (Å²) in [7, 11) is 5.15. The number of benzene rings is 2. The summed E-state index contributed by atoms with van der Waals surface area (Å²) in [6, 6.07) is 15.4. The third kappa shape index (κ3) is 5.02. The molecule has 0 bridgehead atoms. The second-order valence-electron chi connectivity index (χ2n) is 5.53. The monoisotopic (exact) mass is 313 g/mol. The van der Waals surface area contributed by atoms with Gasteiger partial charge in [-0.1, -0.05) is 18.2 Å². The van der Waals surface area contributed by atoms with Gasteiger partial charge in [-0.15, -0.1) is 0 Å². The van der Waals surface area contributed by atoms with Gasteiger partial charge in [0.25, 0.3) is 5.91 Å².